The molecule has 1 heterocycles. The van der Waals surface area contributed by atoms with Gasteiger partial charge in [-0.2, -0.15) is 0 Å². The maximum Gasteiger partial charge on any atom is 0.183 e. The van der Waals surface area contributed by atoms with Gasteiger partial charge in [0.05, 0.1) is 18.8 Å². The summed E-state index contributed by atoms with van der Waals surface area (Å²) in [5.74, 6) is 0.211. The van der Waals surface area contributed by atoms with Crippen molar-refractivity contribution in [2.24, 2.45) is 0 Å². The van der Waals surface area contributed by atoms with Gasteiger partial charge in [0.25, 0.3) is 0 Å². The van der Waals surface area contributed by atoms with Crippen LogP contribution in [0, 0.1) is 0 Å². The summed E-state index contributed by atoms with van der Waals surface area (Å²) in [6.45, 7) is 5.47. The molecule has 27 heavy (non-hydrogen) atoms. The van der Waals surface area contributed by atoms with E-state index in [0.717, 1.165) is 57.6 Å². The first kappa shape index (κ1) is 19.8. The van der Waals surface area contributed by atoms with E-state index in [0.29, 0.717) is 0 Å². The van der Waals surface area contributed by atoms with Crippen LogP contribution in [0.15, 0.2) is 48.1 Å². The summed E-state index contributed by atoms with van der Waals surface area (Å²) in [6.07, 6.45) is 10.4. The summed E-state index contributed by atoms with van der Waals surface area (Å²) < 4.78 is 5.43. The quantitative estimate of drug-likeness (QED) is 0.679. The summed E-state index contributed by atoms with van der Waals surface area (Å²) >= 11 is 0. The van der Waals surface area contributed by atoms with Crippen LogP contribution in [0.2, 0.25) is 0 Å². The third-order valence-corrected chi connectivity index (χ3v) is 5.94. The smallest absolute Gasteiger partial charge is 0.183 e. The molecule has 0 radical (unpaired) electrons. The molecule has 1 atom stereocenters. The molecule has 0 spiro atoms. The number of allylic oxidation sites excluding steroid dienone is 3. The highest BCUT2D eigenvalue weighted by Crippen LogP contribution is 2.32. The Kier molecular flexibility index (Phi) is 6.51. The summed E-state index contributed by atoms with van der Waals surface area (Å²) in [4.78, 5) is 18.0. The predicted molar refractivity (Wildman–Crippen MR) is 112 cm³/mol. The number of ketones is 1. The minimum Gasteiger partial charge on any atom is -0.378 e. The van der Waals surface area contributed by atoms with Crippen LogP contribution in [0.1, 0.15) is 43.0 Å². The number of ether oxygens (including phenoxy) is 1. The van der Waals surface area contributed by atoms with Crippen LogP contribution in [0.25, 0.3) is 0 Å². The van der Waals surface area contributed by atoms with Crippen LogP contribution in [0.4, 0.5) is 5.69 Å². The Bertz CT molecular complexity index is 700. The summed E-state index contributed by atoms with van der Waals surface area (Å²) in [6, 6.07) is 8.14. The minimum absolute atomic E-state index is 0.211. The third-order valence-electron chi connectivity index (χ3n) is 5.94. The Balaban J connectivity index is 1.82. The molecule has 1 aliphatic heterocycles. The van der Waals surface area contributed by atoms with E-state index in [1.165, 1.54) is 11.3 Å². The molecular weight excluding hydrogens is 336 g/mol. The lowest BCUT2D eigenvalue weighted by Gasteiger charge is -2.39. The summed E-state index contributed by atoms with van der Waals surface area (Å²) in [7, 11) is 4.05. The SMILES string of the molecule is CCC(CC1=CCCC=C1)(C(=O)c1ccc(N2CCOCC2)cc1)N(C)C. The molecule has 1 aliphatic carbocycles. The van der Waals surface area contributed by atoms with Gasteiger partial charge < -0.3 is 9.64 Å². The van der Waals surface area contributed by atoms with Crippen LogP contribution >= 0.6 is 0 Å². The number of likely N-dealkylation sites (N-methyl/N-ethyl adjacent to an activating group) is 1. The molecule has 1 saturated heterocycles. The van der Waals surface area contributed by atoms with Crippen molar-refractivity contribution in [2.45, 2.75) is 38.1 Å². The Hall–Kier alpha value is -1.91. The van der Waals surface area contributed by atoms with Crippen molar-refractivity contribution in [3.8, 4) is 0 Å². The Morgan fingerprint density at radius 2 is 1.85 bits per heavy atom. The molecule has 1 aromatic carbocycles. The van der Waals surface area contributed by atoms with Crippen molar-refractivity contribution in [1.82, 2.24) is 4.90 Å². The number of hydrogen-bond acceptors (Lipinski definition) is 4. The highest BCUT2D eigenvalue weighted by molar-refractivity contribution is 6.03. The molecule has 0 amide bonds. The molecule has 0 bridgehead atoms. The van der Waals surface area contributed by atoms with Crippen LogP contribution in [-0.2, 0) is 4.74 Å². The van der Waals surface area contributed by atoms with Crippen molar-refractivity contribution >= 4 is 11.5 Å². The minimum atomic E-state index is -0.506. The van der Waals surface area contributed by atoms with Gasteiger partial charge in [-0.05, 0) is 64.0 Å². The van der Waals surface area contributed by atoms with Gasteiger partial charge in [0, 0.05) is 24.3 Å². The third kappa shape index (κ3) is 4.33. The van der Waals surface area contributed by atoms with Gasteiger partial charge in [-0.1, -0.05) is 30.7 Å². The second kappa shape index (κ2) is 8.85. The molecule has 0 saturated carbocycles. The first-order chi connectivity index (χ1) is 13.1. The number of morpholine rings is 1. The van der Waals surface area contributed by atoms with Crippen LogP contribution in [0.5, 0.6) is 0 Å². The number of rotatable bonds is 7. The number of anilines is 1. The Morgan fingerprint density at radius 3 is 2.41 bits per heavy atom. The maximum atomic E-state index is 13.6. The highest BCUT2D eigenvalue weighted by Gasteiger charge is 2.39. The van der Waals surface area contributed by atoms with Gasteiger partial charge in [0.2, 0.25) is 0 Å². The second-order valence-corrected chi connectivity index (χ2v) is 7.69. The fourth-order valence-corrected chi connectivity index (χ4v) is 4.09. The summed E-state index contributed by atoms with van der Waals surface area (Å²) in [5, 5.41) is 0. The predicted octanol–water partition coefficient (Wildman–Crippen LogP) is 4.08. The number of carbonyl (C=O) groups is 1. The number of nitrogens with zero attached hydrogens (tertiary/aromatic N) is 2. The van der Waals surface area contributed by atoms with Crippen LogP contribution in [-0.4, -0.2) is 56.6 Å². The number of benzene rings is 1. The average Bonchev–Trinajstić information content (AvgIpc) is 2.73. The van der Waals surface area contributed by atoms with E-state index in [1.54, 1.807) is 0 Å². The number of Topliss-reactive ketones (excluding diaryl/α,β-unsaturated/α-hetero) is 1. The van der Waals surface area contributed by atoms with Crippen molar-refractivity contribution in [3.05, 3.63) is 53.6 Å². The maximum absolute atomic E-state index is 13.6. The van der Waals surface area contributed by atoms with E-state index in [9.17, 15) is 4.79 Å². The standard InChI is InChI=1S/C23H32N2O2/c1-4-23(24(2)3,18-19-8-6-5-7-9-19)22(26)20-10-12-21(13-11-20)25-14-16-27-17-15-25/h6,8-13H,4-5,7,14-18H2,1-3H3. The van der Waals surface area contributed by atoms with Crippen LogP contribution < -0.4 is 4.90 Å². The van der Waals surface area contributed by atoms with Crippen molar-refractivity contribution < 1.29 is 9.53 Å². The molecule has 146 valence electrons. The summed E-state index contributed by atoms with van der Waals surface area (Å²) in [5.41, 5.74) is 2.73. The molecule has 0 aromatic heterocycles. The normalized spacial score (nSPS) is 19.7. The van der Waals surface area contributed by atoms with E-state index < -0.39 is 5.54 Å². The number of carbonyl (C=O) groups excluding carboxylic acids is 1. The molecule has 2 aliphatic rings. The average molecular weight is 369 g/mol. The Morgan fingerprint density at radius 1 is 1.15 bits per heavy atom. The van der Waals surface area contributed by atoms with E-state index in [-0.39, 0.29) is 5.78 Å². The monoisotopic (exact) mass is 368 g/mol. The topological polar surface area (TPSA) is 32.8 Å². The second-order valence-electron chi connectivity index (χ2n) is 7.69. The zero-order chi connectivity index (χ0) is 19.3. The lowest BCUT2D eigenvalue weighted by Crippen LogP contribution is -2.51. The van der Waals surface area contributed by atoms with Crippen molar-refractivity contribution in [3.63, 3.8) is 0 Å². The molecule has 3 rings (SSSR count). The van der Waals surface area contributed by atoms with Gasteiger partial charge in [0.1, 0.15) is 0 Å². The lowest BCUT2D eigenvalue weighted by molar-refractivity contribution is 0.0668. The van der Waals surface area contributed by atoms with E-state index >= 15 is 0 Å². The van der Waals surface area contributed by atoms with Gasteiger partial charge in [-0.3, -0.25) is 9.69 Å². The fourth-order valence-electron chi connectivity index (χ4n) is 4.09. The van der Waals surface area contributed by atoms with Gasteiger partial charge in [0.15, 0.2) is 5.78 Å². The van der Waals surface area contributed by atoms with Gasteiger partial charge >= 0.3 is 0 Å². The fraction of sp³-hybridized carbons (Fsp3) is 0.522. The molecule has 1 unspecified atom stereocenters. The highest BCUT2D eigenvalue weighted by atomic mass is 16.5. The van der Waals surface area contributed by atoms with Crippen molar-refractivity contribution in [2.75, 3.05) is 45.3 Å². The van der Waals surface area contributed by atoms with E-state index in [2.05, 4.69) is 47.1 Å². The molecule has 4 heteroatoms. The molecule has 4 nitrogen and oxygen atoms in total. The van der Waals surface area contributed by atoms with Gasteiger partial charge in [-0.25, -0.2) is 0 Å². The lowest BCUT2D eigenvalue weighted by atomic mass is 9.79. The molecule has 1 aromatic rings. The van der Waals surface area contributed by atoms with Crippen molar-refractivity contribution in [1.29, 1.82) is 0 Å². The zero-order valence-electron chi connectivity index (χ0n) is 16.9. The van der Waals surface area contributed by atoms with E-state index in [1.807, 2.05) is 26.2 Å². The first-order valence-electron chi connectivity index (χ1n) is 10.1. The van der Waals surface area contributed by atoms with Crippen LogP contribution in [0.3, 0.4) is 0 Å². The molecular formula is C23H32N2O2. The number of hydrogen-bond donors (Lipinski definition) is 0. The first-order valence-corrected chi connectivity index (χ1v) is 10.1. The Labute approximate surface area is 163 Å². The molecule has 0 N–H and O–H groups in total. The van der Waals surface area contributed by atoms with E-state index in [4.69, 9.17) is 4.74 Å². The zero-order valence-corrected chi connectivity index (χ0v) is 16.9. The van der Waals surface area contributed by atoms with Gasteiger partial charge in [-0.15, -0.1) is 0 Å². The largest absolute Gasteiger partial charge is 0.378 e. The molecule has 1 fully saturated rings.